The van der Waals surface area contributed by atoms with Crippen molar-refractivity contribution in [3.8, 4) is 0 Å². The van der Waals surface area contributed by atoms with Gasteiger partial charge in [0.25, 0.3) is 0 Å². The Morgan fingerprint density at radius 1 is 1.15 bits per heavy atom. The molecule has 3 rings (SSSR count). The third-order valence-corrected chi connectivity index (χ3v) is 8.12. The Hall–Kier alpha value is -1.93. The van der Waals surface area contributed by atoms with E-state index < -0.39 is 5.97 Å². The lowest BCUT2D eigenvalue weighted by atomic mass is 9.69. The molecule has 3 aliphatic rings. The number of carbonyl (C=O) groups is 3. The molecule has 8 heteroatoms. The maximum Gasteiger partial charge on any atom is 0.223 e. The molecule has 0 saturated carbocycles. The SMILES string of the molecule is CC1=CC(CNC(=O)CCC(=O)[O-])C(C(C)C)CC1CC(=O)N1CCN(C2CCCC[NH2+]2)CC1. The number of aliphatic carboxylic acids is 1. The number of hydrogen-bond acceptors (Lipinski definition) is 5. The highest BCUT2D eigenvalue weighted by atomic mass is 16.4. The second kappa shape index (κ2) is 12.7. The first kappa shape index (κ1) is 26.7. The second-order valence-corrected chi connectivity index (χ2v) is 10.8. The smallest absolute Gasteiger partial charge is 0.223 e. The fourth-order valence-corrected chi connectivity index (χ4v) is 5.94. The molecule has 8 nitrogen and oxygen atoms in total. The predicted octanol–water partition coefficient (Wildman–Crippen LogP) is 0.0950. The molecule has 4 unspecified atom stereocenters. The third-order valence-electron chi connectivity index (χ3n) is 8.12. The zero-order valence-electron chi connectivity index (χ0n) is 21.3. The first-order chi connectivity index (χ1) is 16.2. The second-order valence-electron chi connectivity index (χ2n) is 10.8. The molecule has 0 bridgehead atoms. The van der Waals surface area contributed by atoms with Crippen LogP contribution in [0.4, 0.5) is 0 Å². The zero-order valence-corrected chi connectivity index (χ0v) is 21.3. The standard InChI is InChI=1S/C26H44N4O4/c1-18(2)22-15-20(19(3)14-21(22)17-28-24(31)7-8-26(33)34)16-25(32)30-12-10-29(11-13-30)23-6-4-5-9-27-23/h14,18,20-23,27H,4-13,15-17H2,1-3H3,(H,28,31)(H,33,34). The number of carboxylic acid groups (broad SMARTS) is 1. The van der Waals surface area contributed by atoms with Crippen molar-refractivity contribution < 1.29 is 24.8 Å². The molecular weight excluding hydrogens is 432 g/mol. The maximum absolute atomic E-state index is 13.2. The summed E-state index contributed by atoms with van der Waals surface area (Å²) in [5.74, 6) is 0.0682. The molecule has 0 spiro atoms. The number of nitrogens with one attached hydrogen (secondary N) is 1. The van der Waals surface area contributed by atoms with Crippen molar-refractivity contribution in [2.24, 2.45) is 23.7 Å². The van der Waals surface area contributed by atoms with Gasteiger partial charge in [-0.2, -0.15) is 0 Å². The number of amides is 2. The monoisotopic (exact) mass is 476 g/mol. The van der Waals surface area contributed by atoms with Crippen molar-refractivity contribution in [3.63, 3.8) is 0 Å². The summed E-state index contributed by atoms with van der Waals surface area (Å²) in [5, 5.41) is 15.9. The van der Waals surface area contributed by atoms with Gasteiger partial charge in [0, 0.05) is 58.0 Å². The van der Waals surface area contributed by atoms with E-state index in [9.17, 15) is 19.5 Å². The number of nitrogens with zero attached hydrogens (tertiary/aromatic N) is 2. The van der Waals surface area contributed by atoms with E-state index in [1.165, 1.54) is 31.4 Å². The van der Waals surface area contributed by atoms with Gasteiger partial charge >= 0.3 is 0 Å². The quantitative estimate of drug-likeness (QED) is 0.459. The first-order valence-corrected chi connectivity index (χ1v) is 13.2. The van der Waals surface area contributed by atoms with Crippen molar-refractivity contribution in [2.75, 3.05) is 39.3 Å². The number of quaternary nitrogens is 1. The summed E-state index contributed by atoms with van der Waals surface area (Å²) in [7, 11) is 0. The molecule has 0 aromatic heterocycles. The van der Waals surface area contributed by atoms with Crippen LogP contribution in [-0.2, 0) is 14.4 Å². The van der Waals surface area contributed by atoms with Crippen LogP contribution in [0.25, 0.3) is 0 Å². The van der Waals surface area contributed by atoms with Crippen molar-refractivity contribution in [3.05, 3.63) is 11.6 Å². The highest BCUT2D eigenvalue weighted by molar-refractivity contribution is 5.80. The van der Waals surface area contributed by atoms with E-state index in [0.717, 1.165) is 32.6 Å². The Labute approximate surface area is 204 Å². The highest BCUT2D eigenvalue weighted by Crippen LogP contribution is 2.39. The molecule has 34 heavy (non-hydrogen) atoms. The first-order valence-electron chi connectivity index (χ1n) is 13.2. The van der Waals surface area contributed by atoms with Gasteiger partial charge in [0.15, 0.2) is 0 Å². The van der Waals surface area contributed by atoms with E-state index in [2.05, 4.69) is 47.3 Å². The summed E-state index contributed by atoms with van der Waals surface area (Å²) in [5.41, 5.74) is 1.23. The lowest BCUT2D eigenvalue weighted by molar-refractivity contribution is -0.717. The third kappa shape index (κ3) is 7.54. The minimum absolute atomic E-state index is 0.0484. The molecule has 3 N–H and O–H groups in total. The van der Waals surface area contributed by atoms with E-state index in [1.54, 1.807) is 0 Å². The minimum Gasteiger partial charge on any atom is -0.550 e. The van der Waals surface area contributed by atoms with Crippen LogP contribution < -0.4 is 15.7 Å². The number of carbonyl (C=O) groups excluding carboxylic acids is 3. The number of piperazine rings is 1. The fraction of sp³-hybridized carbons (Fsp3) is 0.808. The Balaban J connectivity index is 1.50. The van der Waals surface area contributed by atoms with Gasteiger partial charge in [0.2, 0.25) is 11.8 Å². The number of carboxylic acids is 1. The van der Waals surface area contributed by atoms with Crippen LogP contribution in [0.15, 0.2) is 11.6 Å². The Morgan fingerprint density at radius 2 is 1.88 bits per heavy atom. The van der Waals surface area contributed by atoms with Crippen molar-refractivity contribution >= 4 is 17.8 Å². The predicted molar refractivity (Wildman–Crippen MR) is 128 cm³/mol. The molecule has 0 radical (unpaired) electrons. The van der Waals surface area contributed by atoms with E-state index >= 15 is 0 Å². The molecule has 1 aliphatic carbocycles. The Kier molecular flexibility index (Phi) is 9.95. The summed E-state index contributed by atoms with van der Waals surface area (Å²) in [4.78, 5) is 40.3. The van der Waals surface area contributed by atoms with Crippen LogP contribution >= 0.6 is 0 Å². The molecule has 2 amide bonds. The number of rotatable bonds is 9. The van der Waals surface area contributed by atoms with Crippen LogP contribution in [0.3, 0.4) is 0 Å². The number of piperidine rings is 1. The Morgan fingerprint density at radius 3 is 2.50 bits per heavy atom. The Bertz CT molecular complexity index is 739. The molecule has 0 aromatic carbocycles. The lowest BCUT2D eigenvalue weighted by Gasteiger charge is -2.40. The zero-order chi connectivity index (χ0) is 24.7. The van der Waals surface area contributed by atoms with Crippen molar-refractivity contribution in [2.45, 2.75) is 71.9 Å². The minimum atomic E-state index is -1.20. The van der Waals surface area contributed by atoms with Crippen LogP contribution in [0, 0.1) is 23.7 Å². The van der Waals surface area contributed by atoms with Crippen LogP contribution in [0.2, 0.25) is 0 Å². The van der Waals surface area contributed by atoms with Gasteiger partial charge in [0.1, 0.15) is 6.17 Å². The maximum atomic E-state index is 13.2. The summed E-state index contributed by atoms with van der Waals surface area (Å²) < 4.78 is 0. The van der Waals surface area contributed by atoms with Crippen molar-refractivity contribution in [1.29, 1.82) is 0 Å². The molecule has 192 valence electrons. The summed E-state index contributed by atoms with van der Waals surface area (Å²) in [6, 6.07) is 0. The van der Waals surface area contributed by atoms with Crippen LogP contribution in [0.5, 0.6) is 0 Å². The van der Waals surface area contributed by atoms with E-state index in [0.29, 0.717) is 31.0 Å². The molecule has 2 fully saturated rings. The largest absolute Gasteiger partial charge is 0.550 e. The van der Waals surface area contributed by atoms with Gasteiger partial charge in [-0.05, 0) is 56.3 Å². The molecule has 4 atom stereocenters. The van der Waals surface area contributed by atoms with E-state index in [4.69, 9.17) is 0 Å². The van der Waals surface area contributed by atoms with Gasteiger partial charge in [-0.3, -0.25) is 14.5 Å². The highest BCUT2D eigenvalue weighted by Gasteiger charge is 2.34. The van der Waals surface area contributed by atoms with Crippen molar-refractivity contribution in [1.82, 2.24) is 15.1 Å². The van der Waals surface area contributed by atoms with Crippen LogP contribution in [-0.4, -0.2) is 73.0 Å². The van der Waals surface area contributed by atoms with Gasteiger partial charge < -0.3 is 25.4 Å². The van der Waals surface area contributed by atoms with Gasteiger partial charge in [0.05, 0.1) is 6.54 Å². The number of nitrogens with two attached hydrogens (primary N) is 1. The normalized spacial score (nSPS) is 28.5. The van der Waals surface area contributed by atoms with Gasteiger partial charge in [-0.1, -0.05) is 25.5 Å². The summed E-state index contributed by atoms with van der Waals surface area (Å²) in [6.45, 7) is 11.8. The van der Waals surface area contributed by atoms with Gasteiger partial charge in [-0.25, -0.2) is 0 Å². The van der Waals surface area contributed by atoms with E-state index in [-0.39, 0.29) is 36.5 Å². The molecule has 2 heterocycles. The molecular formula is C26H44N4O4. The topological polar surface area (TPSA) is 109 Å². The average molecular weight is 477 g/mol. The molecule has 0 aromatic rings. The average Bonchev–Trinajstić information content (AvgIpc) is 2.83. The molecule has 2 aliphatic heterocycles. The summed E-state index contributed by atoms with van der Waals surface area (Å²) >= 11 is 0. The molecule has 2 saturated heterocycles. The lowest BCUT2D eigenvalue weighted by Crippen LogP contribution is -2.95. The number of hydrogen-bond donors (Lipinski definition) is 2. The number of allylic oxidation sites excluding steroid dienone is 1. The van der Waals surface area contributed by atoms with Crippen LogP contribution in [0.1, 0.15) is 65.7 Å². The fourth-order valence-electron chi connectivity index (χ4n) is 5.94. The van der Waals surface area contributed by atoms with E-state index in [1.807, 2.05) is 0 Å². The summed E-state index contributed by atoms with van der Waals surface area (Å²) in [6.07, 6.45) is 7.93. The van der Waals surface area contributed by atoms with Gasteiger partial charge in [-0.15, -0.1) is 0 Å².